The van der Waals surface area contributed by atoms with E-state index in [9.17, 15) is 0 Å². The lowest BCUT2D eigenvalue weighted by molar-refractivity contribution is 0.783. The zero-order valence-electron chi connectivity index (χ0n) is 13.0. The topological polar surface area (TPSA) is 46.3 Å². The first-order valence-corrected chi connectivity index (χ1v) is 8.41. The summed E-state index contributed by atoms with van der Waals surface area (Å²) < 4.78 is 1.93. The Morgan fingerprint density at radius 2 is 2.00 bits per heavy atom. The molecule has 0 amide bonds. The Morgan fingerprint density at radius 3 is 2.83 bits per heavy atom. The zero-order chi connectivity index (χ0) is 15.2. The van der Waals surface area contributed by atoms with Gasteiger partial charge >= 0.3 is 0 Å². The molecular formula is C18H19N5. The molecule has 0 radical (unpaired) electrons. The van der Waals surface area contributed by atoms with Gasteiger partial charge in [0, 0.05) is 24.6 Å². The van der Waals surface area contributed by atoms with E-state index < -0.39 is 0 Å². The summed E-state index contributed by atoms with van der Waals surface area (Å²) in [7, 11) is 0. The lowest BCUT2D eigenvalue weighted by atomic mass is 10.1. The first-order valence-electron chi connectivity index (χ1n) is 8.41. The molecule has 1 aliphatic carbocycles. The summed E-state index contributed by atoms with van der Waals surface area (Å²) in [5, 5.41) is 4.42. The Kier molecular flexibility index (Phi) is 2.86. The second-order valence-corrected chi connectivity index (χ2v) is 6.52. The maximum atomic E-state index is 4.78. The summed E-state index contributed by atoms with van der Waals surface area (Å²) in [5.74, 6) is 2.63. The van der Waals surface area contributed by atoms with Crippen molar-refractivity contribution in [2.75, 3.05) is 18.0 Å². The van der Waals surface area contributed by atoms with Gasteiger partial charge in [0.25, 0.3) is 5.78 Å². The molecule has 116 valence electrons. The molecule has 0 spiro atoms. The minimum Gasteiger partial charge on any atom is -0.355 e. The Labute approximate surface area is 135 Å². The van der Waals surface area contributed by atoms with Gasteiger partial charge in [-0.3, -0.25) is 0 Å². The van der Waals surface area contributed by atoms with Crippen molar-refractivity contribution in [3.63, 3.8) is 0 Å². The number of fused-ring (bicyclic) bond motifs is 3. The standard InChI is InChI=1S/C18H19N5/c1-2-4-13(5-3-1)8-10-22-11-9-15-16(14-6-7-14)21-18-19-12-20-23(18)17(15)22/h1-5,12,14H,6-11H2. The van der Waals surface area contributed by atoms with Gasteiger partial charge in [-0.1, -0.05) is 30.3 Å². The third kappa shape index (κ3) is 2.19. The van der Waals surface area contributed by atoms with Crippen LogP contribution in [-0.2, 0) is 12.8 Å². The van der Waals surface area contributed by atoms with E-state index >= 15 is 0 Å². The van der Waals surface area contributed by atoms with Crippen LogP contribution < -0.4 is 4.90 Å². The summed E-state index contributed by atoms with van der Waals surface area (Å²) in [6.07, 6.45) is 6.30. The van der Waals surface area contributed by atoms with Crippen molar-refractivity contribution in [2.45, 2.75) is 31.6 Å². The number of rotatable bonds is 4. The molecule has 1 saturated carbocycles. The highest BCUT2D eigenvalue weighted by atomic mass is 15.4. The Morgan fingerprint density at radius 1 is 1.13 bits per heavy atom. The van der Waals surface area contributed by atoms with E-state index in [2.05, 4.69) is 45.3 Å². The summed E-state index contributed by atoms with van der Waals surface area (Å²) in [6, 6.07) is 10.7. The second-order valence-electron chi connectivity index (χ2n) is 6.52. The van der Waals surface area contributed by atoms with Crippen molar-refractivity contribution in [1.82, 2.24) is 19.6 Å². The normalized spacial score (nSPS) is 17.0. The second kappa shape index (κ2) is 5.05. The number of aromatic nitrogens is 4. The number of hydrogen-bond acceptors (Lipinski definition) is 4. The van der Waals surface area contributed by atoms with Crippen LogP contribution in [0.3, 0.4) is 0 Å². The predicted octanol–water partition coefficient (Wildman–Crippen LogP) is 2.61. The lowest BCUT2D eigenvalue weighted by Crippen LogP contribution is -2.25. The SMILES string of the molecule is c1ccc(CCN2CCc3c(C4CC4)nc4ncnn4c32)cc1. The number of benzene rings is 1. The number of hydrogen-bond donors (Lipinski definition) is 0. The van der Waals surface area contributed by atoms with Gasteiger partial charge in [-0.25, -0.2) is 4.98 Å². The molecule has 0 unspecified atom stereocenters. The molecule has 0 saturated heterocycles. The molecule has 23 heavy (non-hydrogen) atoms. The Hall–Kier alpha value is -2.43. The van der Waals surface area contributed by atoms with Crippen LogP contribution >= 0.6 is 0 Å². The monoisotopic (exact) mass is 305 g/mol. The van der Waals surface area contributed by atoms with Crippen molar-refractivity contribution in [1.29, 1.82) is 0 Å². The molecule has 5 nitrogen and oxygen atoms in total. The molecule has 2 aliphatic rings. The molecule has 5 heteroatoms. The van der Waals surface area contributed by atoms with Gasteiger partial charge in [-0.05, 0) is 31.2 Å². The van der Waals surface area contributed by atoms with Crippen LogP contribution in [0.25, 0.3) is 5.78 Å². The van der Waals surface area contributed by atoms with Gasteiger partial charge < -0.3 is 4.90 Å². The van der Waals surface area contributed by atoms with Crippen LogP contribution in [0.5, 0.6) is 0 Å². The van der Waals surface area contributed by atoms with Gasteiger partial charge in [0.1, 0.15) is 12.1 Å². The minimum atomic E-state index is 0.652. The van der Waals surface area contributed by atoms with Crippen LogP contribution in [0.15, 0.2) is 36.7 Å². The molecule has 3 aromatic rings. The third-order valence-corrected chi connectivity index (χ3v) is 4.94. The molecule has 1 fully saturated rings. The highest BCUT2D eigenvalue weighted by molar-refractivity contribution is 5.59. The molecule has 0 N–H and O–H groups in total. The quantitative estimate of drug-likeness (QED) is 0.743. The van der Waals surface area contributed by atoms with Crippen LogP contribution in [0.1, 0.15) is 35.6 Å². The maximum absolute atomic E-state index is 4.78. The highest BCUT2D eigenvalue weighted by Crippen LogP contribution is 2.44. The fraction of sp³-hybridized carbons (Fsp3) is 0.389. The molecule has 3 heterocycles. The molecule has 1 aromatic carbocycles. The van der Waals surface area contributed by atoms with Gasteiger partial charge in [-0.15, -0.1) is 0 Å². The van der Waals surface area contributed by atoms with Gasteiger partial charge in [0.15, 0.2) is 0 Å². The Bertz CT molecular complexity index is 850. The first-order chi connectivity index (χ1) is 11.4. The smallest absolute Gasteiger partial charge is 0.254 e. The number of nitrogens with zero attached hydrogens (tertiary/aromatic N) is 5. The van der Waals surface area contributed by atoms with Crippen molar-refractivity contribution in [3.05, 3.63) is 53.5 Å². The molecule has 5 rings (SSSR count). The molecular weight excluding hydrogens is 286 g/mol. The van der Waals surface area contributed by atoms with Crippen molar-refractivity contribution < 1.29 is 0 Å². The Balaban J connectivity index is 1.51. The van der Waals surface area contributed by atoms with E-state index in [1.807, 2.05) is 4.52 Å². The van der Waals surface area contributed by atoms with Crippen molar-refractivity contribution >= 4 is 11.6 Å². The summed E-state index contributed by atoms with van der Waals surface area (Å²) in [6.45, 7) is 2.07. The van der Waals surface area contributed by atoms with Crippen LogP contribution in [0.2, 0.25) is 0 Å². The number of anilines is 1. The van der Waals surface area contributed by atoms with Crippen molar-refractivity contribution in [3.8, 4) is 0 Å². The average molecular weight is 305 g/mol. The average Bonchev–Trinajstić information content (AvgIpc) is 3.17. The first kappa shape index (κ1) is 13.0. The van der Waals surface area contributed by atoms with E-state index in [1.54, 1.807) is 6.33 Å². The fourth-order valence-corrected chi connectivity index (χ4v) is 3.62. The third-order valence-electron chi connectivity index (χ3n) is 4.94. The summed E-state index contributed by atoms with van der Waals surface area (Å²) in [5.41, 5.74) is 4.06. The predicted molar refractivity (Wildman–Crippen MR) is 88.8 cm³/mol. The van der Waals surface area contributed by atoms with E-state index in [-0.39, 0.29) is 0 Å². The van der Waals surface area contributed by atoms with E-state index in [0.717, 1.165) is 31.7 Å². The van der Waals surface area contributed by atoms with Gasteiger partial charge in [0.2, 0.25) is 0 Å². The highest BCUT2D eigenvalue weighted by Gasteiger charge is 2.34. The lowest BCUT2D eigenvalue weighted by Gasteiger charge is -2.20. The molecule has 0 bridgehead atoms. The van der Waals surface area contributed by atoms with Crippen LogP contribution in [0.4, 0.5) is 5.82 Å². The van der Waals surface area contributed by atoms with Crippen LogP contribution in [-0.4, -0.2) is 32.7 Å². The molecule has 0 atom stereocenters. The minimum absolute atomic E-state index is 0.652. The van der Waals surface area contributed by atoms with Crippen LogP contribution in [0, 0.1) is 0 Å². The van der Waals surface area contributed by atoms with E-state index in [1.165, 1.54) is 35.5 Å². The van der Waals surface area contributed by atoms with E-state index in [0.29, 0.717) is 5.92 Å². The maximum Gasteiger partial charge on any atom is 0.254 e. The fourth-order valence-electron chi connectivity index (χ4n) is 3.62. The van der Waals surface area contributed by atoms with E-state index in [4.69, 9.17) is 4.98 Å². The summed E-state index contributed by atoms with van der Waals surface area (Å²) in [4.78, 5) is 11.6. The molecule has 2 aromatic heterocycles. The van der Waals surface area contributed by atoms with Gasteiger partial charge in [-0.2, -0.15) is 14.6 Å². The van der Waals surface area contributed by atoms with Crippen molar-refractivity contribution in [2.24, 2.45) is 0 Å². The summed E-state index contributed by atoms with van der Waals surface area (Å²) >= 11 is 0. The molecule has 1 aliphatic heterocycles. The zero-order valence-corrected chi connectivity index (χ0v) is 13.0. The largest absolute Gasteiger partial charge is 0.355 e. The van der Waals surface area contributed by atoms with Gasteiger partial charge in [0.05, 0.1) is 5.69 Å².